The van der Waals surface area contributed by atoms with Gasteiger partial charge in [0.25, 0.3) is 0 Å². The Balaban J connectivity index is 2.27. The number of aromatic nitrogens is 3. The van der Waals surface area contributed by atoms with E-state index in [0.29, 0.717) is 5.02 Å². The number of nitrogens with zero attached hydrogens (tertiary/aromatic N) is 3. The first-order chi connectivity index (χ1) is 8.25. The van der Waals surface area contributed by atoms with Gasteiger partial charge >= 0.3 is 0 Å². The Bertz CT molecular complexity index is 688. The van der Waals surface area contributed by atoms with E-state index in [1.807, 2.05) is 43.4 Å². The Morgan fingerprint density at radius 1 is 1.12 bits per heavy atom. The number of halogens is 1. The van der Waals surface area contributed by atoms with E-state index in [2.05, 4.69) is 10.1 Å². The molecule has 2 heterocycles. The second kappa shape index (κ2) is 3.86. The van der Waals surface area contributed by atoms with Gasteiger partial charge in [0.05, 0.1) is 21.9 Å². The molecule has 0 aliphatic carbocycles. The molecule has 0 amide bonds. The summed E-state index contributed by atoms with van der Waals surface area (Å²) in [7, 11) is 1.90. The molecule has 84 valence electrons. The number of para-hydroxylation sites is 1. The molecule has 0 radical (unpaired) electrons. The van der Waals surface area contributed by atoms with E-state index in [9.17, 15) is 0 Å². The minimum absolute atomic E-state index is 0.673. The van der Waals surface area contributed by atoms with E-state index in [1.165, 1.54) is 0 Å². The van der Waals surface area contributed by atoms with Crippen LogP contribution in [0.1, 0.15) is 0 Å². The molecular formula is C13H10ClN3. The van der Waals surface area contributed by atoms with E-state index < -0.39 is 0 Å². The highest BCUT2D eigenvalue weighted by atomic mass is 35.5. The normalized spacial score (nSPS) is 10.9. The van der Waals surface area contributed by atoms with Crippen molar-refractivity contribution in [3.8, 4) is 11.4 Å². The smallest absolute Gasteiger partial charge is 0.0896 e. The van der Waals surface area contributed by atoms with Crippen molar-refractivity contribution in [2.24, 2.45) is 7.05 Å². The molecule has 0 spiro atoms. The fourth-order valence-corrected chi connectivity index (χ4v) is 2.10. The Labute approximate surface area is 104 Å². The largest absolute Gasteiger partial charge is 0.266 e. The van der Waals surface area contributed by atoms with E-state index in [4.69, 9.17) is 11.6 Å². The van der Waals surface area contributed by atoms with Gasteiger partial charge in [-0.2, -0.15) is 5.10 Å². The van der Waals surface area contributed by atoms with Gasteiger partial charge in [0.2, 0.25) is 0 Å². The number of hydrogen-bond acceptors (Lipinski definition) is 2. The van der Waals surface area contributed by atoms with Gasteiger partial charge < -0.3 is 0 Å². The lowest BCUT2D eigenvalue weighted by Crippen LogP contribution is -1.95. The van der Waals surface area contributed by atoms with Gasteiger partial charge in [-0.25, -0.2) is 4.98 Å². The second-order valence-corrected chi connectivity index (χ2v) is 4.26. The zero-order chi connectivity index (χ0) is 11.8. The minimum atomic E-state index is 0.673. The second-order valence-electron chi connectivity index (χ2n) is 3.85. The number of aryl methyl sites for hydroxylation is 1. The van der Waals surface area contributed by atoms with Gasteiger partial charge in [0.15, 0.2) is 0 Å². The molecule has 17 heavy (non-hydrogen) atoms. The van der Waals surface area contributed by atoms with Crippen LogP contribution in [0.2, 0.25) is 5.02 Å². The van der Waals surface area contributed by atoms with Crippen molar-refractivity contribution in [1.82, 2.24) is 14.8 Å². The molecule has 0 N–H and O–H groups in total. The van der Waals surface area contributed by atoms with Crippen LogP contribution in [-0.4, -0.2) is 14.8 Å². The van der Waals surface area contributed by atoms with Crippen LogP contribution in [0, 0.1) is 0 Å². The molecule has 1 aromatic carbocycles. The number of rotatable bonds is 1. The third kappa shape index (κ3) is 1.68. The first-order valence-corrected chi connectivity index (χ1v) is 5.67. The van der Waals surface area contributed by atoms with Crippen molar-refractivity contribution in [3.63, 3.8) is 0 Å². The number of fused-ring (bicyclic) bond motifs is 1. The molecular weight excluding hydrogens is 234 g/mol. The average Bonchev–Trinajstić information content (AvgIpc) is 2.76. The summed E-state index contributed by atoms with van der Waals surface area (Å²) in [5.41, 5.74) is 2.69. The topological polar surface area (TPSA) is 30.7 Å². The van der Waals surface area contributed by atoms with Crippen LogP contribution in [0.15, 0.2) is 42.6 Å². The molecule has 4 heteroatoms. The van der Waals surface area contributed by atoms with Crippen LogP contribution in [0.5, 0.6) is 0 Å². The van der Waals surface area contributed by atoms with Crippen LogP contribution >= 0.6 is 11.6 Å². The summed E-state index contributed by atoms with van der Waals surface area (Å²) in [6.07, 6.45) is 1.76. The van der Waals surface area contributed by atoms with Crippen molar-refractivity contribution < 1.29 is 0 Å². The van der Waals surface area contributed by atoms with E-state index >= 15 is 0 Å². The van der Waals surface area contributed by atoms with Gasteiger partial charge in [-0.3, -0.25) is 4.68 Å². The third-order valence-corrected chi connectivity index (χ3v) is 3.06. The monoisotopic (exact) mass is 243 g/mol. The fraction of sp³-hybridized carbons (Fsp3) is 0.0769. The van der Waals surface area contributed by atoms with E-state index in [-0.39, 0.29) is 0 Å². The van der Waals surface area contributed by atoms with Crippen LogP contribution in [0.4, 0.5) is 0 Å². The molecule has 0 atom stereocenters. The zero-order valence-electron chi connectivity index (χ0n) is 9.26. The molecule has 3 rings (SSSR count). The summed E-state index contributed by atoms with van der Waals surface area (Å²) < 4.78 is 1.80. The van der Waals surface area contributed by atoms with E-state index in [0.717, 1.165) is 22.3 Å². The molecule has 2 aromatic heterocycles. The highest BCUT2D eigenvalue weighted by Crippen LogP contribution is 2.25. The standard InChI is InChI=1S/C13H10ClN3/c1-17-12(7-8-15-17)11-6-5-9-3-2-4-10(14)13(9)16-11/h2-8H,1H3. The summed E-state index contributed by atoms with van der Waals surface area (Å²) >= 11 is 6.15. The maximum atomic E-state index is 6.15. The van der Waals surface area contributed by atoms with Gasteiger partial charge in [-0.15, -0.1) is 0 Å². The molecule has 0 saturated heterocycles. The molecule has 0 fully saturated rings. The maximum absolute atomic E-state index is 6.15. The van der Waals surface area contributed by atoms with Crippen LogP contribution in [0.25, 0.3) is 22.3 Å². The Hall–Kier alpha value is -1.87. The lowest BCUT2D eigenvalue weighted by molar-refractivity contribution is 0.774. The average molecular weight is 244 g/mol. The van der Waals surface area contributed by atoms with Crippen molar-refractivity contribution in [2.45, 2.75) is 0 Å². The highest BCUT2D eigenvalue weighted by Gasteiger charge is 2.06. The molecule has 3 aromatic rings. The van der Waals surface area contributed by atoms with Crippen molar-refractivity contribution >= 4 is 22.5 Å². The van der Waals surface area contributed by atoms with Crippen molar-refractivity contribution in [3.05, 3.63) is 47.6 Å². The lowest BCUT2D eigenvalue weighted by atomic mass is 10.2. The van der Waals surface area contributed by atoms with Gasteiger partial charge in [0, 0.05) is 18.6 Å². The molecule has 0 unspecified atom stereocenters. The molecule has 0 aliphatic heterocycles. The lowest BCUT2D eigenvalue weighted by Gasteiger charge is -2.04. The SMILES string of the molecule is Cn1nccc1-c1ccc2cccc(Cl)c2n1. The predicted octanol–water partition coefficient (Wildman–Crippen LogP) is 3.29. The molecule has 3 nitrogen and oxygen atoms in total. The summed E-state index contributed by atoms with van der Waals surface area (Å²) in [6, 6.07) is 11.7. The van der Waals surface area contributed by atoms with Crippen LogP contribution in [-0.2, 0) is 7.05 Å². The summed E-state index contributed by atoms with van der Waals surface area (Å²) in [5, 5.41) is 5.86. The van der Waals surface area contributed by atoms with Gasteiger partial charge in [0.1, 0.15) is 0 Å². The number of pyridine rings is 1. The first-order valence-electron chi connectivity index (χ1n) is 5.29. The number of benzene rings is 1. The fourth-order valence-electron chi connectivity index (χ4n) is 1.88. The van der Waals surface area contributed by atoms with Crippen molar-refractivity contribution in [2.75, 3.05) is 0 Å². The molecule has 0 bridgehead atoms. The summed E-state index contributed by atoms with van der Waals surface area (Å²) in [4.78, 5) is 4.59. The van der Waals surface area contributed by atoms with Gasteiger partial charge in [-0.1, -0.05) is 29.8 Å². The first kappa shape index (κ1) is 10.3. The highest BCUT2D eigenvalue weighted by molar-refractivity contribution is 6.35. The van der Waals surface area contributed by atoms with Gasteiger partial charge in [-0.05, 0) is 18.2 Å². The zero-order valence-corrected chi connectivity index (χ0v) is 10.0. The van der Waals surface area contributed by atoms with Crippen molar-refractivity contribution in [1.29, 1.82) is 0 Å². The Kier molecular flexibility index (Phi) is 2.34. The molecule has 0 saturated carbocycles. The third-order valence-electron chi connectivity index (χ3n) is 2.75. The van der Waals surface area contributed by atoms with Crippen LogP contribution < -0.4 is 0 Å². The summed E-state index contributed by atoms with van der Waals surface area (Å²) in [6.45, 7) is 0. The van der Waals surface area contributed by atoms with E-state index in [1.54, 1.807) is 10.9 Å². The number of hydrogen-bond donors (Lipinski definition) is 0. The minimum Gasteiger partial charge on any atom is -0.266 e. The summed E-state index contributed by atoms with van der Waals surface area (Å²) in [5.74, 6) is 0. The predicted molar refractivity (Wildman–Crippen MR) is 69.0 cm³/mol. The van der Waals surface area contributed by atoms with Crippen LogP contribution in [0.3, 0.4) is 0 Å². The maximum Gasteiger partial charge on any atom is 0.0896 e. The quantitative estimate of drug-likeness (QED) is 0.657. The molecule has 0 aliphatic rings. The Morgan fingerprint density at radius 2 is 2.00 bits per heavy atom. The Morgan fingerprint density at radius 3 is 2.76 bits per heavy atom.